The molecule has 0 fully saturated rings. The minimum Gasteiger partial charge on any atom is -0.388 e. The van der Waals surface area contributed by atoms with Gasteiger partial charge in [0.15, 0.2) is 0 Å². The summed E-state index contributed by atoms with van der Waals surface area (Å²) in [6.45, 7) is 12.4. The SMILES string of the molecule is C/C=C/NC/C=C/NC1CC2=C(C=C1C1=C(C)C=CCC1C)C(C)CCC2C. The molecule has 0 radical (unpaired) electrons. The lowest BCUT2D eigenvalue weighted by Crippen LogP contribution is -2.35. The zero-order valence-corrected chi connectivity index (χ0v) is 18.4. The van der Waals surface area contributed by atoms with Gasteiger partial charge in [-0.2, -0.15) is 0 Å². The van der Waals surface area contributed by atoms with Gasteiger partial charge < -0.3 is 10.6 Å². The van der Waals surface area contributed by atoms with Crippen LogP contribution in [-0.2, 0) is 0 Å². The maximum absolute atomic E-state index is 3.75. The van der Waals surface area contributed by atoms with Gasteiger partial charge in [-0.25, -0.2) is 0 Å². The Kier molecular flexibility index (Phi) is 7.04. The Morgan fingerprint density at radius 2 is 1.86 bits per heavy atom. The van der Waals surface area contributed by atoms with Gasteiger partial charge >= 0.3 is 0 Å². The van der Waals surface area contributed by atoms with Gasteiger partial charge in [-0.3, -0.25) is 0 Å². The van der Waals surface area contributed by atoms with Crippen LogP contribution in [0.15, 0.2) is 70.6 Å². The van der Waals surface area contributed by atoms with Gasteiger partial charge in [-0.15, -0.1) is 0 Å². The van der Waals surface area contributed by atoms with Gasteiger partial charge in [-0.05, 0) is 98.1 Å². The first kappa shape index (κ1) is 20.8. The largest absolute Gasteiger partial charge is 0.388 e. The Hall–Kier alpha value is -1.96. The quantitative estimate of drug-likeness (QED) is 0.539. The fraction of sp³-hybridized carbons (Fsp3) is 0.538. The summed E-state index contributed by atoms with van der Waals surface area (Å²) in [5.41, 5.74) is 7.86. The summed E-state index contributed by atoms with van der Waals surface area (Å²) in [7, 11) is 0. The Bertz CT molecular complexity index is 744. The molecule has 152 valence electrons. The van der Waals surface area contributed by atoms with Crippen molar-refractivity contribution in [2.75, 3.05) is 6.54 Å². The van der Waals surface area contributed by atoms with Gasteiger partial charge in [-0.1, -0.05) is 50.6 Å². The average Bonchev–Trinajstić information content (AvgIpc) is 2.68. The van der Waals surface area contributed by atoms with Crippen LogP contribution in [0.4, 0.5) is 0 Å². The molecule has 0 saturated carbocycles. The lowest BCUT2D eigenvalue weighted by atomic mass is 9.69. The molecule has 0 saturated heterocycles. The normalized spacial score (nSPS) is 30.8. The van der Waals surface area contributed by atoms with Crippen molar-refractivity contribution in [3.63, 3.8) is 0 Å². The molecular formula is C26H38N2. The molecule has 0 aromatic heterocycles. The Morgan fingerprint density at radius 1 is 1.07 bits per heavy atom. The summed E-state index contributed by atoms with van der Waals surface area (Å²) in [6, 6.07) is 0.378. The Labute approximate surface area is 172 Å². The summed E-state index contributed by atoms with van der Waals surface area (Å²) < 4.78 is 0. The number of rotatable bonds is 6. The molecule has 2 heteroatoms. The summed E-state index contributed by atoms with van der Waals surface area (Å²) >= 11 is 0. The van der Waals surface area contributed by atoms with E-state index in [0.717, 1.165) is 19.4 Å². The standard InChI is InChI=1S/C26H38N2/c1-6-13-27-14-8-15-28-25-17-23-19(3)12-11-18(2)22(23)16-24(25)26-20(4)9-7-10-21(26)5/h6-9,13,15-16,18-19,21,25,27-28H,10-12,14,17H2,1-5H3/b13-6+,15-8+. The molecule has 2 nitrogen and oxygen atoms in total. The summed E-state index contributed by atoms with van der Waals surface area (Å²) in [6.07, 6.45) is 20.5. The monoisotopic (exact) mass is 378 g/mol. The third-order valence-electron chi connectivity index (χ3n) is 6.66. The predicted octanol–water partition coefficient (Wildman–Crippen LogP) is 6.19. The number of allylic oxidation sites excluding steroid dienone is 6. The van der Waals surface area contributed by atoms with Crippen LogP contribution in [0.2, 0.25) is 0 Å². The van der Waals surface area contributed by atoms with Crippen molar-refractivity contribution in [2.24, 2.45) is 17.8 Å². The third kappa shape index (κ3) is 4.54. The first-order chi connectivity index (χ1) is 13.5. The fourth-order valence-corrected chi connectivity index (χ4v) is 5.05. The van der Waals surface area contributed by atoms with Crippen LogP contribution in [0.5, 0.6) is 0 Å². The lowest BCUT2D eigenvalue weighted by molar-refractivity contribution is 0.430. The number of hydrogen-bond acceptors (Lipinski definition) is 2. The van der Waals surface area contributed by atoms with Crippen molar-refractivity contribution in [3.05, 3.63) is 70.6 Å². The van der Waals surface area contributed by atoms with Crippen LogP contribution in [0.25, 0.3) is 0 Å². The summed E-state index contributed by atoms with van der Waals surface area (Å²) in [5.74, 6) is 2.00. The highest BCUT2D eigenvalue weighted by Crippen LogP contribution is 2.44. The van der Waals surface area contributed by atoms with Gasteiger partial charge in [0.1, 0.15) is 0 Å². The molecule has 3 rings (SSSR count). The molecule has 0 amide bonds. The molecule has 3 aliphatic carbocycles. The van der Waals surface area contributed by atoms with E-state index >= 15 is 0 Å². The van der Waals surface area contributed by atoms with Crippen molar-refractivity contribution in [2.45, 2.75) is 66.3 Å². The van der Waals surface area contributed by atoms with E-state index in [0.29, 0.717) is 23.8 Å². The highest BCUT2D eigenvalue weighted by Gasteiger charge is 2.33. The van der Waals surface area contributed by atoms with Crippen LogP contribution in [0.3, 0.4) is 0 Å². The highest BCUT2D eigenvalue weighted by molar-refractivity contribution is 5.53. The zero-order chi connectivity index (χ0) is 20.1. The Balaban J connectivity index is 1.90. The molecule has 0 aliphatic heterocycles. The second kappa shape index (κ2) is 9.49. The molecule has 0 aromatic carbocycles. The molecule has 4 atom stereocenters. The molecule has 28 heavy (non-hydrogen) atoms. The highest BCUT2D eigenvalue weighted by atomic mass is 14.9. The molecular weight excluding hydrogens is 340 g/mol. The van der Waals surface area contributed by atoms with Crippen LogP contribution >= 0.6 is 0 Å². The molecule has 0 aromatic rings. The predicted molar refractivity (Wildman–Crippen MR) is 122 cm³/mol. The Morgan fingerprint density at radius 3 is 2.61 bits per heavy atom. The molecule has 0 spiro atoms. The molecule has 0 bridgehead atoms. The third-order valence-corrected chi connectivity index (χ3v) is 6.66. The first-order valence-electron chi connectivity index (χ1n) is 11.1. The van der Waals surface area contributed by atoms with Gasteiger partial charge in [0.2, 0.25) is 0 Å². The van der Waals surface area contributed by atoms with E-state index < -0.39 is 0 Å². The van der Waals surface area contributed by atoms with E-state index in [4.69, 9.17) is 0 Å². The van der Waals surface area contributed by atoms with E-state index in [9.17, 15) is 0 Å². The first-order valence-corrected chi connectivity index (χ1v) is 11.1. The minimum atomic E-state index is 0.378. The molecule has 2 N–H and O–H groups in total. The van der Waals surface area contributed by atoms with Crippen molar-refractivity contribution < 1.29 is 0 Å². The fourth-order valence-electron chi connectivity index (χ4n) is 5.05. The van der Waals surface area contributed by atoms with E-state index in [1.54, 1.807) is 16.7 Å². The topological polar surface area (TPSA) is 24.1 Å². The van der Waals surface area contributed by atoms with E-state index in [-0.39, 0.29) is 0 Å². The van der Waals surface area contributed by atoms with E-state index in [1.165, 1.54) is 24.0 Å². The van der Waals surface area contributed by atoms with Gasteiger partial charge in [0.25, 0.3) is 0 Å². The average molecular weight is 379 g/mol. The van der Waals surface area contributed by atoms with Gasteiger partial charge in [0.05, 0.1) is 6.04 Å². The van der Waals surface area contributed by atoms with Crippen molar-refractivity contribution in [1.82, 2.24) is 10.6 Å². The van der Waals surface area contributed by atoms with Gasteiger partial charge in [0, 0.05) is 6.54 Å². The van der Waals surface area contributed by atoms with Crippen LogP contribution in [0, 0.1) is 17.8 Å². The van der Waals surface area contributed by atoms with Crippen LogP contribution in [-0.4, -0.2) is 12.6 Å². The molecule has 4 unspecified atom stereocenters. The molecule has 0 heterocycles. The second-order valence-corrected chi connectivity index (χ2v) is 8.83. The lowest BCUT2D eigenvalue weighted by Gasteiger charge is -2.39. The molecule has 3 aliphatic rings. The van der Waals surface area contributed by atoms with E-state index in [1.807, 2.05) is 19.2 Å². The smallest absolute Gasteiger partial charge is 0.0548 e. The summed E-state index contributed by atoms with van der Waals surface area (Å²) in [5, 5.41) is 7.02. The minimum absolute atomic E-state index is 0.378. The zero-order valence-electron chi connectivity index (χ0n) is 18.4. The van der Waals surface area contributed by atoms with Crippen molar-refractivity contribution in [3.8, 4) is 0 Å². The second-order valence-electron chi connectivity index (χ2n) is 8.83. The number of nitrogens with one attached hydrogen (secondary N) is 2. The van der Waals surface area contributed by atoms with Crippen LogP contribution < -0.4 is 10.6 Å². The summed E-state index contributed by atoms with van der Waals surface area (Å²) in [4.78, 5) is 0. The van der Waals surface area contributed by atoms with E-state index in [2.05, 4.69) is 68.8 Å². The maximum Gasteiger partial charge on any atom is 0.0548 e. The van der Waals surface area contributed by atoms with Crippen LogP contribution in [0.1, 0.15) is 60.3 Å². The number of hydrogen-bond donors (Lipinski definition) is 2. The van der Waals surface area contributed by atoms with Crippen molar-refractivity contribution >= 4 is 0 Å². The van der Waals surface area contributed by atoms with Crippen molar-refractivity contribution in [1.29, 1.82) is 0 Å². The maximum atomic E-state index is 3.75.